The monoisotopic (exact) mass is 233 g/mol. The van der Waals surface area contributed by atoms with Crippen LogP contribution in [0, 0.1) is 0 Å². The van der Waals surface area contributed by atoms with Crippen LogP contribution in [0.1, 0.15) is 34.1 Å². The van der Waals surface area contributed by atoms with Crippen molar-refractivity contribution in [3.05, 3.63) is 61.0 Å². The number of nitrogens with zero attached hydrogens (tertiary/aromatic N) is 1. The van der Waals surface area contributed by atoms with Crippen molar-refractivity contribution in [3.63, 3.8) is 0 Å². The van der Waals surface area contributed by atoms with Gasteiger partial charge in [-0.3, -0.25) is 0 Å². The second kappa shape index (κ2) is 12.6. The number of likely N-dealkylation sites (N-methyl/N-ethyl adjacent to an activating group) is 1. The van der Waals surface area contributed by atoms with E-state index in [1.54, 1.807) is 6.08 Å². The van der Waals surface area contributed by atoms with Gasteiger partial charge in [0.1, 0.15) is 0 Å². The molecule has 0 fully saturated rings. The van der Waals surface area contributed by atoms with Gasteiger partial charge in [0.2, 0.25) is 0 Å². The Morgan fingerprint density at radius 1 is 1.24 bits per heavy atom. The predicted molar refractivity (Wildman–Crippen MR) is 80.8 cm³/mol. The van der Waals surface area contributed by atoms with Crippen molar-refractivity contribution in [1.29, 1.82) is 0 Å². The highest BCUT2D eigenvalue weighted by atomic mass is 15.1. The maximum atomic E-state index is 3.89. The van der Waals surface area contributed by atoms with Crippen molar-refractivity contribution in [2.45, 2.75) is 34.1 Å². The molecule has 0 unspecified atom stereocenters. The maximum absolute atomic E-state index is 3.89. The fourth-order valence-electron chi connectivity index (χ4n) is 1.09. The molecule has 0 atom stereocenters. The van der Waals surface area contributed by atoms with Crippen LogP contribution >= 0.6 is 0 Å². The van der Waals surface area contributed by atoms with E-state index in [0.29, 0.717) is 0 Å². The van der Waals surface area contributed by atoms with E-state index in [1.165, 1.54) is 0 Å². The number of allylic oxidation sites excluding steroid dienone is 6. The van der Waals surface area contributed by atoms with E-state index in [0.717, 1.165) is 17.8 Å². The smallest absolute Gasteiger partial charge is 0.0404 e. The zero-order valence-electron chi connectivity index (χ0n) is 12.0. The van der Waals surface area contributed by atoms with Crippen LogP contribution in [0.5, 0.6) is 0 Å². The summed E-state index contributed by atoms with van der Waals surface area (Å²) in [7, 11) is 1.99. The van der Waals surface area contributed by atoms with Crippen LogP contribution in [0.25, 0.3) is 0 Å². The van der Waals surface area contributed by atoms with Crippen LogP contribution in [0.2, 0.25) is 0 Å². The lowest BCUT2D eigenvalue weighted by atomic mass is 10.3. The molecule has 0 aliphatic heterocycles. The van der Waals surface area contributed by atoms with E-state index in [1.807, 2.05) is 39.6 Å². The normalized spacial score (nSPS) is 11.9. The van der Waals surface area contributed by atoms with Crippen LogP contribution < -0.4 is 0 Å². The first kappa shape index (κ1) is 17.9. The largest absolute Gasteiger partial charge is 0.345 e. The first-order chi connectivity index (χ1) is 8.25. The van der Waals surface area contributed by atoms with Gasteiger partial charge < -0.3 is 4.90 Å². The van der Waals surface area contributed by atoms with Gasteiger partial charge in [0.05, 0.1) is 0 Å². The fraction of sp³-hybridized carbons (Fsp3) is 0.375. The molecule has 0 spiro atoms. The van der Waals surface area contributed by atoms with Crippen LogP contribution in [0.4, 0.5) is 0 Å². The SMILES string of the molecule is C=CC(=C)N(C)C1=CC=CCC=C1.CC.CC. The van der Waals surface area contributed by atoms with Gasteiger partial charge in [-0.2, -0.15) is 0 Å². The molecule has 0 amide bonds. The standard InChI is InChI=1S/C12H15N.2C2H6/c1-4-11(2)13(3)12-9-7-5-6-8-10-12;2*1-2/h4-5,7-10H,1-2,6H2,3H3;2*1-2H3. The Morgan fingerprint density at radius 3 is 2.35 bits per heavy atom. The molecule has 0 bridgehead atoms. The first-order valence-electron chi connectivity index (χ1n) is 6.34. The van der Waals surface area contributed by atoms with Gasteiger partial charge in [-0.15, -0.1) is 0 Å². The van der Waals surface area contributed by atoms with Crippen molar-refractivity contribution >= 4 is 0 Å². The molecule has 0 saturated carbocycles. The second-order valence-electron chi connectivity index (χ2n) is 2.91. The quantitative estimate of drug-likeness (QED) is 0.615. The molecule has 0 saturated heterocycles. The molecule has 0 aromatic carbocycles. The molecule has 1 rings (SSSR count). The van der Waals surface area contributed by atoms with E-state index >= 15 is 0 Å². The lowest BCUT2D eigenvalue weighted by Crippen LogP contribution is -2.13. The van der Waals surface area contributed by atoms with Crippen LogP contribution in [0.15, 0.2) is 61.0 Å². The summed E-state index contributed by atoms with van der Waals surface area (Å²) in [5.41, 5.74) is 2.05. The molecule has 0 heterocycles. The Labute approximate surface area is 108 Å². The lowest BCUT2D eigenvalue weighted by Gasteiger charge is -2.19. The third-order valence-electron chi connectivity index (χ3n) is 2.02. The maximum Gasteiger partial charge on any atom is 0.0404 e. The van der Waals surface area contributed by atoms with Crippen molar-refractivity contribution in [2.24, 2.45) is 0 Å². The summed E-state index contributed by atoms with van der Waals surface area (Å²) < 4.78 is 0. The molecule has 0 radical (unpaired) electrons. The molecule has 96 valence electrons. The van der Waals surface area contributed by atoms with E-state index in [-0.39, 0.29) is 0 Å². The van der Waals surface area contributed by atoms with Gasteiger partial charge in [-0.1, -0.05) is 59.1 Å². The second-order valence-corrected chi connectivity index (χ2v) is 2.91. The lowest BCUT2D eigenvalue weighted by molar-refractivity contribution is 0.557. The average molecular weight is 233 g/mol. The first-order valence-corrected chi connectivity index (χ1v) is 6.34. The van der Waals surface area contributed by atoms with Crippen molar-refractivity contribution in [1.82, 2.24) is 4.90 Å². The predicted octanol–water partition coefficient (Wildman–Crippen LogP) is 5.07. The van der Waals surface area contributed by atoms with E-state index in [9.17, 15) is 0 Å². The Morgan fingerprint density at radius 2 is 1.82 bits per heavy atom. The van der Waals surface area contributed by atoms with Gasteiger partial charge in [-0.25, -0.2) is 0 Å². The molecule has 0 aromatic heterocycles. The summed E-state index contributed by atoms with van der Waals surface area (Å²) in [6.07, 6.45) is 13.2. The molecular formula is C16H27N. The van der Waals surface area contributed by atoms with Gasteiger partial charge in [0.25, 0.3) is 0 Å². The summed E-state index contributed by atoms with van der Waals surface area (Å²) in [5.74, 6) is 0. The fourth-order valence-corrected chi connectivity index (χ4v) is 1.09. The number of hydrogen-bond donors (Lipinski definition) is 0. The van der Waals surface area contributed by atoms with Gasteiger partial charge >= 0.3 is 0 Å². The van der Waals surface area contributed by atoms with E-state index in [2.05, 4.69) is 43.5 Å². The van der Waals surface area contributed by atoms with E-state index < -0.39 is 0 Å². The van der Waals surface area contributed by atoms with Gasteiger partial charge in [0.15, 0.2) is 0 Å². The van der Waals surface area contributed by atoms with Gasteiger partial charge in [0, 0.05) is 18.4 Å². The van der Waals surface area contributed by atoms with Crippen LogP contribution in [-0.4, -0.2) is 11.9 Å². The Hall–Kier alpha value is -1.50. The third kappa shape index (κ3) is 7.40. The molecule has 1 nitrogen and oxygen atoms in total. The average Bonchev–Trinajstić information content (AvgIpc) is 2.70. The number of rotatable bonds is 3. The van der Waals surface area contributed by atoms with Crippen molar-refractivity contribution in [3.8, 4) is 0 Å². The molecular weight excluding hydrogens is 206 g/mol. The van der Waals surface area contributed by atoms with Gasteiger partial charge in [-0.05, 0) is 24.6 Å². The highest BCUT2D eigenvalue weighted by Crippen LogP contribution is 2.13. The minimum Gasteiger partial charge on any atom is -0.345 e. The molecule has 0 N–H and O–H groups in total. The van der Waals surface area contributed by atoms with Crippen LogP contribution in [-0.2, 0) is 0 Å². The Balaban J connectivity index is 0. The minimum absolute atomic E-state index is 0.909. The van der Waals surface area contributed by atoms with Crippen molar-refractivity contribution in [2.75, 3.05) is 7.05 Å². The molecule has 0 aromatic rings. The van der Waals surface area contributed by atoms with Crippen molar-refractivity contribution < 1.29 is 0 Å². The summed E-state index contributed by atoms with van der Waals surface area (Å²) in [6, 6.07) is 0. The Bertz CT molecular complexity index is 293. The summed E-state index contributed by atoms with van der Waals surface area (Å²) in [6.45, 7) is 15.6. The van der Waals surface area contributed by atoms with E-state index in [4.69, 9.17) is 0 Å². The minimum atomic E-state index is 0.909. The topological polar surface area (TPSA) is 3.24 Å². The molecule has 17 heavy (non-hydrogen) atoms. The zero-order valence-corrected chi connectivity index (χ0v) is 12.0. The summed E-state index contributed by atoms with van der Waals surface area (Å²) in [5, 5.41) is 0. The van der Waals surface area contributed by atoms with Crippen LogP contribution in [0.3, 0.4) is 0 Å². The molecule has 1 aliphatic rings. The molecule has 1 heteroatoms. The third-order valence-corrected chi connectivity index (χ3v) is 2.02. The highest BCUT2D eigenvalue weighted by molar-refractivity contribution is 5.30. The molecule has 1 aliphatic carbocycles. The number of hydrogen-bond acceptors (Lipinski definition) is 1. The summed E-state index contributed by atoms with van der Waals surface area (Å²) in [4.78, 5) is 2.01. The Kier molecular flexibility index (Phi) is 13.2. The highest BCUT2D eigenvalue weighted by Gasteiger charge is 2.01. The summed E-state index contributed by atoms with van der Waals surface area (Å²) >= 11 is 0. The zero-order chi connectivity index (χ0) is 13.7.